The first-order chi connectivity index (χ1) is 17.0. The number of amides is 3. The minimum absolute atomic E-state index is 0.220. The summed E-state index contributed by atoms with van der Waals surface area (Å²) in [6.45, 7) is 1.41. The van der Waals surface area contributed by atoms with E-state index in [0.717, 1.165) is 10.8 Å². The van der Waals surface area contributed by atoms with Crippen LogP contribution in [0.5, 0.6) is 0 Å². The third-order valence-corrected chi connectivity index (χ3v) is 6.29. The van der Waals surface area contributed by atoms with Crippen LogP contribution in [-0.2, 0) is 0 Å². The molecular weight excluding hydrogens is 448 g/mol. The van der Waals surface area contributed by atoms with Crippen molar-refractivity contribution in [3.8, 4) is 0 Å². The minimum Gasteiger partial charge on any atom is -0.465 e. The number of carboxylic acid groups (broad SMARTS) is 1. The molecule has 10 nitrogen and oxygen atoms in total. The Morgan fingerprint density at radius 1 is 1.03 bits per heavy atom. The molecule has 35 heavy (non-hydrogen) atoms. The monoisotopic (exact) mass is 472 g/mol. The summed E-state index contributed by atoms with van der Waals surface area (Å²) in [5, 5.41) is 16.6. The second-order valence-electron chi connectivity index (χ2n) is 8.58. The van der Waals surface area contributed by atoms with E-state index in [4.69, 9.17) is 5.11 Å². The highest BCUT2D eigenvalue weighted by molar-refractivity contribution is 6.07. The first-order valence-corrected chi connectivity index (χ1v) is 11.4. The van der Waals surface area contributed by atoms with Gasteiger partial charge in [0.2, 0.25) is 5.95 Å². The van der Waals surface area contributed by atoms with Gasteiger partial charge < -0.3 is 20.3 Å². The van der Waals surface area contributed by atoms with Gasteiger partial charge in [0.15, 0.2) is 0 Å². The molecule has 4 aromatic rings. The normalized spacial score (nSPS) is 14.2. The zero-order valence-corrected chi connectivity index (χ0v) is 18.8. The second kappa shape index (κ2) is 9.41. The van der Waals surface area contributed by atoms with Gasteiger partial charge in [-0.2, -0.15) is 0 Å². The fourth-order valence-corrected chi connectivity index (χ4v) is 4.31. The van der Waals surface area contributed by atoms with Gasteiger partial charge in [-0.15, -0.1) is 0 Å². The van der Waals surface area contributed by atoms with Crippen molar-refractivity contribution in [2.24, 2.45) is 5.92 Å². The Morgan fingerprint density at radius 3 is 2.57 bits per heavy atom. The van der Waals surface area contributed by atoms with Gasteiger partial charge in [0.1, 0.15) is 11.2 Å². The Balaban J connectivity index is 1.26. The molecule has 0 aliphatic carbocycles. The number of aromatic nitrogens is 3. The molecule has 3 heterocycles. The molecule has 2 aromatic heterocycles. The van der Waals surface area contributed by atoms with E-state index in [9.17, 15) is 14.4 Å². The molecule has 4 N–H and O–H groups in total. The predicted molar refractivity (Wildman–Crippen MR) is 130 cm³/mol. The maximum Gasteiger partial charge on any atom is 0.407 e. The van der Waals surface area contributed by atoms with Crippen LogP contribution in [0.15, 0.2) is 54.7 Å². The number of piperidine rings is 1. The van der Waals surface area contributed by atoms with Crippen molar-refractivity contribution in [2.75, 3.05) is 25.0 Å². The molecule has 0 radical (unpaired) electrons. The largest absolute Gasteiger partial charge is 0.465 e. The van der Waals surface area contributed by atoms with Crippen LogP contribution >= 0.6 is 0 Å². The number of aromatic amines is 1. The summed E-state index contributed by atoms with van der Waals surface area (Å²) >= 11 is 0. The summed E-state index contributed by atoms with van der Waals surface area (Å²) in [6.07, 6.45) is 2.16. The number of benzene rings is 2. The molecule has 1 aliphatic heterocycles. The highest BCUT2D eigenvalue weighted by Crippen LogP contribution is 2.21. The molecule has 3 amide bonds. The molecule has 0 bridgehead atoms. The van der Waals surface area contributed by atoms with E-state index in [-0.39, 0.29) is 23.5 Å². The Hall–Kier alpha value is -4.47. The Labute approximate surface area is 200 Å². The second-order valence-corrected chi connectivity index (χ2v) is 8.58. The molecule has 2 aromatic carbocycles. The van der Waals surface area contributed by atoms with Crippen molar-refractivity contribution in [1.82, 2.24) is 25.2 Å². The van der Waals surface area contributed by atoms with Crippen LogP contribution in [-0.4, -0.2) is 62.5 Å². The SMILES string of the molecule is O=C(Nc1nc2c(C(=O)NCC3CCN(C(=O)O)CC3)cccc2[nH]1)c1cc2ccccc2cn1. The van der Waals surface area contributed by atoms with E-state index < -0.39 is 12.0 Å². The zero-order chi connectivity index (χ0) is 24.4. The van der Waals surface area contributed by atoms with Crippen LogP contribution < -0.4 is 10.6 Å². The highest BCUT2D eigenvalue weighted by atomic mass is 16.4. The van der Waals surface area contributed by atoms with E-state index in [0.29, 0.717) is 49.1 Å². The van der Waals surface area contributed by atoms with Gasteiger partial charge in [-0.25, -0.2) is 9.78 Å². The summed E-state index contributed by atoms with van der Waals surface area (Å²) in [5.74, 6) is -0.233. The van der Waals surface area contributed by atoms with Gasteiger partial charge in [-0.1, -0.05) is 30.3 Å². The fraction of sp³-hybridized carbons (Fsp3) is 0.240. The first kappa shape index (κ1) is 22.3. The van der Waals surface area contributed by atoms with Gasteiger partial charge in [-0.3, -0.25) is 19.9 Å². The number of hydrogen-bond acceptors (Lipinski definition) is 5. The number of imidazole rings is 1. The number of likely N-dealkylation sites (tertiary alicyclic amines) is 1. The molecule has 5 rings (SSSR count). The van der Waals surface area contributed by atoms with Gasteiger partial charge in [0.25, 0.3) is 11.8 Å². The van der Waals surface area contributed by atoms with Gasteiger partial charge in [-0.05, 0) is 42.3 Å². The maximum absolute atomic E-state index is 12.9. The zero-order valence-electron chi connectivity index (χ0n) is 18.8. The Morgan fingerprint density at radius 2 is 1.80 bits per heavy atom. The molecular formula is C25H24N6O4. The lowest BCUT2D eigenvalue weighted by Crippen LogP contribution is -2.40. The van der Waals surface area contributed by atoms with Crippen LogP contribution in [0.3, 0.4) is 0 Å². The number of pyridine rings is 1. The lowest BCUT2D eigenvalue weighted by molar-refractivity contribution is 0.0930. The molecule has 178 valence electrons. The molecule has 1 aliphatic rings. The molecule has 0 spiro atoms. The number of hydrogen-bond donors (Lipinski definition) is 4. The van der Waals surface area contributed by atoms with Crippen LogP contribution in [0.4, 0.5) is 10.7 Å². The average molecular weight is 473 g/mol. The lowest BCUT2D eigenvalue weighted by Gasteiger charge is -2.29. The van der Waals surface area contributed by atoms with Crippen LogP contribution in [0.1, 0.15) is 33.7 Å². The third-order valence-electron chi connectivity index (χ3n) is 6.29. The molecule has 0 atom stereocenters. The summed E-state index contributed by atoms with van der Waals surface area (Å²) < 4.78 is 0. The Bertz CT molecular complexity index is 1420. The fourth-order valence-electron chi connectivity index (χ4n) is 4.31. The van der Waals surface area contributed by atoms with E-state index in [2.05, 4.69) is 25.6 Å². The molecule has 0 saturated carbocycles. The number of H-pyrrole nitrogens is 1. The summed E-state index contributed by atoms with van der Waals surface area (Å²) in [4.78, 5) is 49.8. The highest BCUT2D eigenvalue weighted by Gasteiger charge is 2.23. The van der Waals surface area contributed by atoms with Crippen molar-refractivity contribution in [2.45, 2.75) is 12.8 Å². The molecule has 10 heteroatoms. The summed E-state index contributed by atoms with van der Waals surface area (Å²) in [6, 6.07) is 14.6. The smallest absolute Gasteiger partial charge is 0.407 e. The van der Waals surface area contributed by atoms with Crippen LogP contribution in [0.2, 0.25) is 0 Å². The van der Waals surface area contributed by atoms with E-state index in [1.807, 2.05) is 24.3 Å². The average Bonchev–Trinajstić information content (AvgIpc) is 3.29. The lowest BCUT2D eigenvalue weighted by atomic mass is 9.97. The number of nitrogens with one attached hydrogen (secondary N) is 3. The van der Waals surface area contributed by atoms with Crippen LogP contribution in [0, 0.1) is 5.92 Å². The van der Waals surface area contributed by atoms with E-state index in [1.54, 1.807) is 30.5 Å². The Kier molecular flexibility index (Phi) is 6.01. The maximum atomic E-state index is 12.9. The van der Waals surface area contributed by atoms with Gasteiger partial charge in [0, 0.05) is 31.2 Å². The van der Waals surface area contributed by atoms with Crippen molar-refractivity contribution >= 4 is 45.7 Å². The van der Waals surface area contributed by atoms with Gasteiger partial charge >= 0.3 is 6.09 Å². The standard InChI is InChI=1S/C25H24N6O4/c32-22(27-13-15-8-10-31(11-9-15)25(34)35)18-6-3-7-19-21(18)29-24(28-19)30-23(33)20-12-16-4-1-2-5-17(16)14-26-20/h1-7,12,14-15H,8-11,13H2,(H,27,32)(H,34,35)(H2,28,29,30,33). The van der Waals surface area contributed by atoms with Gasteiger partial charge in [0.05, 0.1) is 11.1 Å². The number of carbonyl (C=O) groups excluding carboxylic acids is 2. The topological polar surface area (TPSA) is 140 Å². The number of anilines is 1. The number of para-hydroxylation sites is 1. The van der Waals surface area contributed by atoms with E-state index in [1.165, 1.54) is 4.90 Å². The number of carbonyl (C=O) groups is 3. The molecule has 1 saturated heterocycles. The summed E-state index contributed by atoms with van der Waals surface area (Å²) in [7, 11) is 0. The number of fused-ring (bicyclic) bond motifs is 2. The quantitative estimate of drug-likeness (QED) is 0.351. The van der Waals surface area contributed by atoms with Crippen molar-refractivity contribution in [3.63, 3.8) is 0 Å². The van der Waals surface area contributed by atoms with E-state index >= 15 is 0 Å². The van der Waals surface area contributed by atoms with Crippen molar-refractivity contribution in [3.05, 3.63) is 66.0 Å². The van der Waals surface area contributed by atoms with Crippen molar-refractivity contribution in [1.29, 1.82) is 0 Å². The first-order valence-electron chi connectivity index (χ1n) is 11.4. The third kappa shape index (κ3) is 4.77. The molecule has 0 unspecified atom stereocenters. The summed E-state index contributed by atoms with van der Waals surface area (Å²) in [5.41, 5.74) is 1.73. The molecule has 1 fully saturated rings. The minimum atomic E-state index is -0.906. The predicted octanol–water partition coefficient (Wildman–Crippen LogP) is 3.48. The number of nitrogens with zero attached hydrogens (tertiary/aromatic N) is 3. The van der Waals surface area contributed by atoms with Crippen molar-refractivity contribution < 1.29 is 19.5 Å². The number of rotatable bonds is 5. The van der Waals surface area contributed by atoms with Crippen LogP contribution in [0.25, 0.3) is 21.8 Å².